The molecule has 0 radical (unpaired) electrons. The Morgan fingerprint density at radius 2 is 1.53 bits per heavy atom. The molecule has 0 aliphatic carbocycles. The number of benzene rings is 4. The standard InChI is InChI=1S/C28H24N2O2/c1-2-19-13-16-23-26(17-19)30(25-10-6-9-24(27(23)25)28(29)31)18-20-11-14-22(15-12-20)32-21-7-4-3-5-8-21/h3-17H,2,18H2,1H3,(H2,29,31). The molecule has 4 aromatic carbocycles. The van der Waals surface area contributed by atoms with Gasteiger partial charge in [-0.3, -0.25) is 4.79 Å². The molecule has 0 saturated heterocycles. The summed E-state index contributed by atoms with van der Waals surface area (Å²) in [5.41, 5.74) is 10.8. The minimum Gasteiger partial charge on any atom is -0.457 e. The van der Waals surface area contributed by atoms with Gasteiger partial charge in [0.1, 0.15) is 11.5 Å². The van der Waals surface area contributed by atoms with Crippen LogP contribution < -0.4 is 10.5 Å². The second-order valence-corrected chi connectivity index (χ2v) is 7.91. The van der Waals surface area contributed by atoms with Gasteiger partial charge in [-0.05, 0) is 60.0 Å². The number of fused-ring (bicyclic) bond motifs is 3. The Balaban J connectivity index is 1.57. The van der Waals surface area contributed by atoms with Gasteiger partial charge in [0.25, 0.3) is 0 Å². The van der Waals surface area contributed by atoms with E-state index in [-0.39, 0.29) is 0 Å². The van der Waals surface area contributed by atoms with Gasteiger partial charge in [0.2, 0.25) is 5.91 Å². The van der Waals surface area contributed by atoms with Gasteiger partial charge < -0.3 is 15.0 Å². The van der Waals surface area contributed by atoms with E-state index in [0.29, 0.717) is 12.1 Å². The first-order valence-corrected chi connectivity index (χ1v) is 10.8. The minimum absolute atomic E-state index is 0.406. The number of primary amides is 1. The summed E-state index contributed by atoms with van der Waals surface area (Å²) in [6, 6.07) is 30.1. The van der Waals surface area contributed by atoms with Gasteiger partial charge in [0.05, 0.1) is 5.52 Å². The van der Waals surface area contributed by atoms with E-state index in [4.69, 9.17) is 10.5 Å². The molecule has 0 atom stereocenters. The molecule has 0 bridgehead atoms. The Hall–Kier alpha value is -4.05. The molecule has 0 fully saturated rings. The minimum atomic E-state index is -0.406. The molecule has 0 unspecified atom stereocenters. The normalized spacial score (nSPS) is 11.2. The fourth-order valence-electron chi connectivity index (χ4n) is 4.26. The Bertz CT molecular complexity index is 1420. The lowest BCUT2D eigenvalue weighted by Gasteiger charge is -2.10. The van der Waals surface area contributed by atoms with E-state index < -0.39 is 5.91 Å². The number of nitrogens with zero attached hydrogens (tertiary/aromatic N) is 1. The van der Waals surface area contributed by atoms with Crippen molar-refractivity contribution in [2.45, 2.75) is 19.9 Å². The van der Waals surface area contributed by atoms with Gasteiger partial charge in [-0.25, -0.2) is 0 Å². The largest absolute Gasteiger partial charge is 0.457 e. The Morgan fingerprint density at radius 1 is 0.812 bits per heavy atom. The van der Waals surface area contributed by atoms with E-state index in [1.165, 1.54) is 5.56 Å². The smallest absolute Gasteiger partial charge is 0.249 e. The van der Waals surface area contributed by atoms with E-state index in [0.717, 1.165) is 45.3 Å². The maximum atomic E-state index is 12.1. The van der Waals surface area contributed by atoms with Crippen LogP contribution in [0.15, 0.2) is 91.0 Å². The van der Waals surface area contributed by atoms with E-state index in [9.17, 15) is 4.79 Å². The number of hydrogen-bond acceptors (Lipinski definition) is 2. The number of ether oxygens (including phenoxy) is 1. The topological polar surface area (TPSA) is 57.2 Å². The first-order chi connectivity index (χ1) is 15.6. The van der Waals surface area contributed by atoms with Gasteiger partial charge >= 0.3 is 0 Å². The summed E-state index contributed by atoms with van der Waals surface area (Å²) in [5.74, 6) is 1.21. The molecule has 1 aromatic heterocycles. The van der Waals surface area contributed by atoms with Crippen LogP contribution in [0.25, 0.3) is 21.8 Å². The van der Waals surface area contributed by atoms with Crippen molar-refractivity contribution in [2.24, 2.45) is 5.73 Å². The predicted molar refractivity (Wildman–Crippen MR) is 129 cm³/mol. The Labute approximate surface area is 186 Å². The molecule has 4 heteroatoms. The number of aromatic nitrogens is 1. The van der Waals surface area contributed by atoms with Gasteiger partial charge in [0, 0.05) is 28.4 Å². The molecule has 32 heavy (non-hydrogen) atoms. The SMILES string of the molecule is CCc1ccc2c3c(C(N)=O)cccc3n(Cc3ccc(Oc4ccccc4)cc3)c2c1. The van der Waals surface area contributed by atoms with Crippen LogP contribution in [0.2, 0.25) is 0 Å². The first-order valence-electron chi connectivity index (χ1n) is 10.8. The molecular formula is C28H24N2O2. The third kappa shape index (κ3) is 3.60. The molecular weight excluding hydrogens is 396 g/mol. The van der Waals surface area contributed by atoms with Crippen molar-refractivity contribution in [1.29, 1.82) is 0 Å². The molecule has 4 nitrogen and oxygen atoms in total. The summed E-state index contributed by atoms with van der Waals surface area (Å²) in [7, 11) is 0. The second-order valence-electron chi connectivity index (χ2n) is 7.91. The van der Waals surface area contributed by atoms with Crippen LogP contribution in [0.3, 0.4) is 0 Å². The summed E-state index contributed by atoms with van der Waals surface area (Å²) >= 11 is 0. The van der Waals surface area contributed by atoms with Gasteiger partial charge in [-0.2, -0.15) is 0 Å². The van der Waals surface area contributed by atoms with Crippen molar-refractivity contribution in [3.05, 3.63) is 108 Å². The van der Waals surface area contributed by atoms with Crippen LogP contribution in [0.4, 0.5) is 0 Å². The highest BCUT2D eigenvalue weighted by atomic mass is 16.5. The van der Waals surface area contributed by atoms with Crippen LogP contribution in [-0.2, 0) is 13.0 Å². The molecule has 5 rings (SSSR count). The molecule has 0 saturated carbocycles. The molecule has 158 valence electrons. The number of para-hydroxylation sites is 1. The van der Waals surface area contributed by atoms with Gasteiger partial charge in [-0.15, -0.1) is 0 Å². The van der Waals surface area contributed by atoms with E-state index in [1.807, 2.05) is 48.5 Å². The van der Waals surface area contributed by atoms with Crippen LogP contribution in [0.1, 0.15) is 28.4 Å². The fourth-order valence-corrected chi connectivity index (χ4v) is 4.26. The third-order valence-electron chi connectivity index (χ3n) is 5.87. The zero-order valence-corrected chi connectivity index (χ0v) is 17.9. The average molecular weight is 421 g/mol. The number of rotatable bonds is 6. The fraction of sp³-hybridized carbons (Fsp3) is 0.107. The zero-order chi connectivity index (χ0) is 22.1. The maximum absolute atomic E-state index is 12.1. The Morgan fingerprint density at radius 3 is 2.25 bits per heavy atom. The van der Waals surface area contributed by atoms with E-state index in [2.05, 4.69) is 47.9 Å². The highest BCUT2D eigenvalue weighted by Gasteiger charge is 2.17. The summed E-state index contributed by atoms with van der Waals surface area (Å²) in [4.78, 5) is 12.1. The number of amides is 1. The lowest BCUT2D eigenvalue weighted by atomic mass is 10.0. The van der Waals surface area contributed by atoms with E-state index >= 15 is 0 Å². The molecule has 2 N–H and O–H groups in total. The number of aryl methyl sites for hydroxylation is 1. The number of nitrogens with two attached hydrogens (primary N) is 1. The summed E-state index contributed by atoms with van der Waals surface area (Å²) in [5, 5.41) is 1.97. The molecule has 1 heterocycles. The van der Waals surface area contributed by atoms with Crippen molar-refractivity contribution in [3.8, 4) is 11.5 Å². The summed E-state index contributed by atoms with van der Waals surface area (Å²) in [6.45, 7) is 2.83. The number of carbonyl (C=O) groups excluding carboxylic acids is 1. The maximum Gasteiger partial charge on any atom is 0.249 e. The first kappa shape index (κ1) is 19.9. The van der Waals surface area contributed by atoms with Crippen LogP contribution in [0.5, 0.6) is 11.5 Å². The lowest BCUT2D eigenvalue weighted by molar-refractivity contribution is 0.100. The van der Waals surface area contributed by atoms with Crippen molar-refractivity contribution in [1.82, 2.24) is 4.57 Å². The van der Waals surface area contributed by atoms with Crippen LogP contribution >= 0.6 is 0 Å². The van der Waals surface area contributed by atoms with Crippen molar-refractivity contribution in [2.75, 3.05) is 0 Å². The van der Waals surface area contributed by atoms with Crippen molar-refractivity contribution >= 4 is 27.7 Å². The van der Waals surface area contributed by atoms with E-state index in [1.54, 1.807) is 6.07 Å². The molecule has 5 aromatic rings. The highest BCUT2D eigenvalue weighted by molar-refractivity contribution is 6.18. The zero-order valence-electron chi connectivity index (χ0n) is 17.9. The van der Waals surface area contributed by atoms with Crippen LogP contribution in [-0.4, -0.2) is 10.5 Å². The van der Waals surface area contributed by atoms with Gasteiger partial charge in [-0.1, -0.05) is 55.5 Å². The summed E-state index contributed by atoms with van der Waals surface area (Å²) < 4.78 is 8.19. The third-order valence-corrected chi connectivity index (χ3v) is 5.87. The molecule has 0 aliphatic rings. The average Bonchev–Trinajstić information content (AvgIpc) is 3.13. The lowest BCUT2D eigenvalue weighted by Crippen LogP contribution is -2.11. The molecule has 1 amide bonds. The van der Waals surface area contributed by atoms with Crippen molar-refractivity contribution in [3.63, 3.8) is 0 Å². The molecule has 0 aliphatic heterocycles. The summed E-state index contributed by atoms with van der Waals surface area (Å²) in [6.07, 6.45) is 0.950. The van der Waals surface area contributed by atoms with Gasteiger partial charge in [0.15, 0.2) is 0 Å². The molecule has 0 spiro atoms. The monoisotopic (exact) mass is 420 g/mol. The van der Waals surface area contributed by atoms with Crippen LogP contribution in [0, 0.1) is 0 Å². The highest BCUT2D eigenvalue weighted by Crippen LogP contribution is 2.33. The quantitative estimate of drug-likeness (QED) is 0.351. The predicted octanol–water partition coefficient (Wildman–Crippen LogP) is 6.30. The number of carbonyl (C=O) groups is 1. The second kappa shape index (κ2) is 8.23. The Kier molecular flexibility index (Phi) is 5.12. The van der Waals surface area contributed by atoms with Crippen molar-refractivity contribution < 1.29 is 9.53 Å². The number of hydrogen-bond donors (Lipinski definition) is 1.